The maximum absolute atomic E-state index is 12.5. The third kappa shape index (κ3) is 4.10. The zero-order valence-electron chi connectivity index (χ0n) is 13.8. The van der Waals surface area contributed by atoms with Gasteiger partial charge in [-0.1, -0.05) is 24.3 Å². The van der Waals surface area contributed by atoms with Crippen LogP contribution in [0.5, 0.6) is 0 Å². The number of amides is 1. The Hall–Kier alpha value is -1.11. The second kappa shape index (κ2) is 7.42. The number of hydrogen-bond acceptors (Lipinski definition) is 4. The Labute approximate surface area is 149 Å². The van der Waals surface area contributed by atoms with Crippen LogP contribution in [-0.2, 0) is 26.9 Å². The highest BCUT2D eigenvalue weighted by Crippen LogP contribution is 2.47. The molecule has 0 spiro atoms. The van der Waals surface area contributed by atoms with Crippen molar-refractivity contribution < 1.29 is 13.2 Å². The lowest BCUT2D eigenvalue weighted by Gasteiger charge is -2.27. The minimum atomic E-state index is -3.10. The molecule has 2 bridgehead atoms. The van der Waals surface area contributed by atoms with Gasteiger partial charge < -0.3 is 11.1 Å². The molecule has 2 saturated carbocycles. The third-order valence-corrected chi connectivity index (χ3v) is 6.11. The van der Waals surface area contributed by atoms with E-state index in [4.69, 9.17) is 5.73 Å². The Balaban J connectivity index is 0.00000208. The molecule has 5 nitrogen and oxygen atoms in total. The van der Waals surface area contributed by atoms with Crippen molar-refractivity contribution in [2.24, 2.45) is 23.5 Å². The SMILES string of the molecule is CS(=O)(=O)Cc1ccccc1CNC(=O)C1C2CCC(C2)C1N.Cl. The first kappa shape index (κ1) is 19.2. The van der Waals surface area contributed by atoms with Gasteiger partial charge in [0.05, 0.1) is 11.7 Å². The minimum Gasteiger partial charge on any atom is -0.352 e. The maximum Gasteiger partial charge on any atom is 0.225 e. The fraction of sp³-hybridized carbons (Fsp3) is 0.588. The lowest BCUT2D eigenvalue weighted by molar-refractivity contribution is -0.127. The first-order valence-corrected chi connectivity index (χ1v) is 10.2. The molecule has 7 heteroatoms. The molecule has 0 heterocycles. The molecule has 3 N–H and O–H groups in total. The Morgan fingerprint density at radius 3 is 2.42 bits per heavy atom. The van der Waals surface area contributed by atoms with Gasteiger partial charge in [0, 0.05) is 18.8 Å². The molecule has 1 amide bonds. The molecule has 1 aromatic rings. The molecule has 1 aromatic carbocycles. The number of nitrogens with two attached hydrogens (primary N) is 1. The third-order valence-electron chi connectivity index (χ3n) is 5.27. The summed E-state index contributed by atoms with van der Waals surface area (Å²) in [6, 6.07) is 7.31. The molecule has 0 saturated heterocycles. The Morgan fingerprint density at radius 2 is 1.83 bits per heavy atom. The minimum absolute atomic E-state index is 0. The molecular weight excluding hydrogens is 348 g/mol. The summed E-state index contributed by atoms with van der Waals surface area (Å²) in [5.41, 5.74) is 7.80. The van der Waals surface area contributed by atoms with Crippen LogP contribution in [0.25, 0.3) is 0 Å². The molecule has 2 aliphatic rings. The number of fused-ring (bicyclic) bond motifs is 2. The van der Waals surface area contributed by atoms with E-state index in [0.717, 1.165) is 30.4 Å². The highest BCUT2D eigenvalue weighted by molar-refractivity contribution is 7.89. The standard InChI is InChI=1S/C17H24N2O3S.ClH/c1-23(21,22)10-14-5-3-2-4-13(14)9-19-17(20)15-11-6-7-12(8-11)16(15)18;/h2-5,11-12,15-16H,6-10,18H2,1H3,(H,19,20);1H. The van der Waals surface area contributed by atoms with Gasteiger partial charge in [0.15, 0.2) is 9.84 Å². The molecule has 134 valence electrons. The summed E-state index contributed by atoms with van der Waals surface area (Å²) >= 11 is 0. The summed E-state index contributed by atoms with van der Waals surface area (Å²) in [5, 5.41) is 2.97. The number of carbonyl (C=O) groups excluding carboxylic acids is 1. The lowest BCUT2D eigenvalue weighted by atomic mass is 9.84. The zero-order valence-corrected chi connectivity index (χ0v) is 15.4. The molecule has 0 aromatic heterocycles. The van der Waals surface area contributed by atoms with E-state index >= 15 is 0 Å². The number of sulfone groups is 1. The first-order chi connectivity index (χ1) is 10.8. The van der Waals surface area contributed by atoms with Crippen molar-refractivity contribution in [1.29, 1.82) is 0 Å². The average molecular weight is 373 g/mol. The van der Waals surface area contributed by atoms with Gasteiger partial charge in [-0.25, -0.2) is 8.42 Å². The smallest absolute Gasteiger partial charge is 0.225 e. The van der Waals surface area contributed by atoms with E-state index in [1.54, 1.807) is 6.07 Å². The van der Waals surface area contributed by atoms with Crippen molar-refractivity contribution in [3.63, 3.8) is 0 Å². The van der Waals surface area contributed by atoms with Gasteiger partial charge in [-0.15, -0.1) is 12.4 Å². The Morgan fingerprint density at radius 1 is 1.21 bits per heavy atom. The molecular formula is C17H25ClN2O3S. The van der Waals surface area contributed by atoms with E-state index in [-0.39, 0.29) is 36.0 Å². The topological polar surface area (TPSA) is 89.3 Å². The summed E-state index contributed by atoms with van der Waals surface area (Å²) in [5.74, 6) is 0.830. The van der Waals surface area contributed by atoms with Gasteiger partial charge in [-0.2, -0.15) is 0 Å². The first-order valence-electron chi connectivity index (χ1n) is 8.13. The van der Waals surface area contributed by atoms with Crippen LogP contribution in [0.2, 0.25) is 0 Å². The second-order valence-corrected chi connectivity index (χ2v) is 9.13. The van der Waals surface area contributed by atoms with Crippen molar-refractivity contribution >= 4 is 28.2 Å². The van der Waals surface area contributed by atoms with Crippen LogP contribution >= 0.6 is 12.4 Å². The van der Waals surface area contributed by atoms with Gasteiger partial charge >= 0.3 is 0 Å². The molecule has 24 heavy (non-hydrogen) atoms. The van der Waals surface area contributed by atoms with Crippen LogP contribution in [0, 0.1) is 17.8 Å². The van der Waals surface area contributed by atoms with Crippen molar-refractivity contribution in [2.45, 2.75) is 37.6 Å². The van der Waals surface area contributed by atoms with Crippen molar-refractivity contribution in [3.05, 3.63) is 35.4 Å². The summed E-state index contributed by atoms with van der Waals surface area (Å²) < 4.78 is 23.1. The fourth-order valence-electron chi connectivity index (χ4n) is 4.18. The molecule has 2 aliphatic carbocycles. The van der Waals surface area contributed by atoms with Crippen LogP contribution in [0.4, 0.5) is 0 Å². The zero-order chi connectivity index (χ0) is 16.6. The number of carbonyl (C=O) groups is 1. The number of rotatable bonds is 5. The van der Waals surface area contributed by atoms with Gasteiger partial charge in [-0.3, -0.25) is 4.79 Å². The van der Waals surface area contributed by atoms with Crippen LogP contribution < -0.4 is 11.1 Å². The average Bonchev–Trinajstić information content (AvgIpc) is 3.05. The number of halogens is 1. The van der Waals surface area contributed by atoms with Crippen molar-refractivity contribution in [1.82, 2.24) is 5.32 Å². The Kier molecular flexibility index (Phi) is 5.94. The highest BCUT2D eigenvalue weighted by atomic mass is 35.5. The van der Waals surface area contributed by atoms with E-state index in [1.807, 2.05) is 18.2 Å². The van der Waals surface area contributed by atoms with Crippen molar-refractivity contribution in [3.8, 4) is 0 Å². The molecule has 4 atom stereocenters. The monoisotopic (exact) mass is 372 g/mol. The predicted molar refractivity (Wildman–Crippen MR) is 96.4 cm³/mol. The number of hydrogen-bond donors (Lipinski definition) is 2. The quantitative estimate of drug-likeness (QED) is 0.822. The summed E-state index contributed by atoms with van der Waals surface area (Å²) in [7, 11) is -3.10. The second-order valence-electron chi connectivity index (χ2n) is 6.99. The van der Waals surface area contributed by atoms with Gasteiger partial charge in [0.25, 0.3) is 0 Å². The summed E-state index contributed by atoms with van der Waals surface area (Å²) in [6.07, 6.45) is 4.54. The van der Waals surface area contributed by atoms with E-state index in [1.165, 1.54) is 6.26 Å². The van der Waals surface area contributed by atoms with Gasteiger partial charge in [0.2, 0.25) is 5.91 Å². The van der Waals surface area contributed by atoms with Crippen LogP contribution in [0.3, 0.4) is 0 Å². The molecule has 0 aliphatic heterocycles. The summed E-state index contributed by atoms with van der Waals surface area (Å²) in [4.78, 5) is 12.5. The van der Waals surface area contributed by atoms with Crippen molar-refractivity contribution in [2.75, 3.05) is 6.26 Å². The van der Waals surface area contributed by atoms with Gasteiger partial charge in [-0.05, 0) is 42.2 Å². The normalized spacial score (nSPS) is 28.4. The molecule has 2 fully saturated rings. The van der Waals surface area contributed by atoms with Crippen LogP contribution in [0.15, 0.2) is 24.3 Å². The predicted octanol–water partition coefficient (Wildman–Crippen LogP) is 1.64. The number of benzene rings is 1. The lowest BCUT2D eigenvalue weighted by Crippen LogP contribution is -2.45. The largest absolute Gasteiger partial charge is 0.352 e. The van der Waals surface area contributed by atoms with E-state index in [0.29, 0.717) is 18.4 Å². The fourth-order valence-corrected chi connectivity index (χ4v) is 5.02. The molecule has 3 rings (SSSR count). The van der Waals surface area contributed by atoms with Gasteiger partial charge in [0.1, 0.15) is 0 Å². The van der Waals surface area contributed by atoms with E-state index < -0.39 is 9.84 Å². The maximum atomic E-state index is 12.5. The summed E-state index contributed by atoms with van der Waals surface area (Å²) in [6.45, 7) is 0.352. The highest BCUT2D eigenvalue weighted by Gasteiger charge is 2.48. The van der Waals surface area contributed by atoms with Crippen LogP contribution in [0.1, 0.15) is 30.4 Å². The van der Waals surface area contributed by atoms with E-state index in [9.17, 15) is 13.2 Å². The molecule has 4 unspecified atom stereocenters. The number of nitrogens with one attached hydrogen (secondary N) is 1. The van der Waals surface area contributed by atoms with Crippen LogP contribution in [-0.4, -0.2) is 26.6 Å². The Bertz CT molecular complexity index is 706. The van der Waals surface area contributed by atoms with E-state index in [2.05, 4.69) is 5.32 Å². The molecule has 0 radical (unpaired) electrons.